The van der Waals surface area contributed by atoms with E-state index >= 15 is 0 Å². The van der Waals surface area contributed by atoms with Crippen LogP contribution in [0.25, 0.3) is 0 Å². The predicted octanol–water partition coefficient (Wildman–Crippen LogP) is 3.63. The van der Waals surface area contributed by atoms with E-state index in [-0.39, 0.29) is 0 Å². The lowest BCUT2D eigenvalue weighted by Crippen LogP contribution is -2.03. The molecule has 1 aromatic rings. The van der Waals surface area contributed by atoms with Crippen LogP contribution in [-0.2, 0) is 6.18 Å². The van der Waals surface area contributed by atoms with Crippen molar-refractivity contribution in [2.75, 3.05) is 5.75 Å². The second-order valence-corrected chi connectivity index (χ2v) is 3.54. The Morgan fingerprint density at radius 3 is 2.08 bits per heavy atom. The van der Waals surface area contributed by atoms with Crippen molar-refractivity contribution in [3.8, 4) is 0 Å². The number of halogens is 3. The molecule has 0 amide bonds. The Hall–Kier alpha value is -0.640. The molecule has 0 aliphatic carbocycles. The smallest absolute Gasteiger partial charge is 0.166 e. The van der Waals surface area contributed by atoms with Gasteiger partial charge in [-0.1, -0.05) is 0 Å². The summed E-state index contributed by atoms with van der Waals surface area (Å²) in [6.45, 7) is 3.59. The first-order valence-corrected chi connectivity index (χ1v) is 4.62. The highest BCUT2D eigenvalue weighted by Crippen LogP contribution is 2.30. The molecule has 1 radical (unpaired) electrons. The van der Waals surface area contributed by atoms with Crippen LogP contribution in [0.1, 0.15) is 5.56 Å². The number of hydrogen-bond donors (Lipinski definition) is 0. The molecule has 0 spiro atoms. The largest absolute Gasteiger partial charge is 0.416 e. The van der Waals surface area contributed by atoms with Gasteiger partial charge < -0.3 is 0 Å². The maximum atomic E-state index is 12.1. The Bertz CT molecular complexity index is 263. The summed E-state index contributed by atoms with van der Waals surface area (Å²) in [5.41, 5.74) is -0.610. The van der Waals surface area contributed by atoms with Crippen LogP contribution in [-0.4, -0.2) is 5.75 Å². The summed E-state index contributed by atoms with van der Waals surface area (Å²) in [4.78, 5) is 0.808. The molecule has 0 fully saturated rings. The van der Waals surface area contributed by atoms with Crippen molar-refractivity contribution in [1.29, 1.82) is 0 Å². The van der Waals surface area contributed by atoms with Gasteiger partial charge in [0.1, 0.15) is 0 Å². The Morgan fingerprint density at radius 1 is 1.15 bits per heavy atom. The topological polar surface area (TPSA) is 0 Å². The van der Waals surface area contributed by atoms with Gasteiger partial charge in [-0.25, -0.2) is 0 Å². The average molecular weight is 205 g/mol. The molecule has 0 bridgehead atoms. The van der Waals surface area contributed by atoms with Gasteiger partial charge in [0.05, 0.1) is 5.56 Å². The van der Waals surface area contributed by atoms with Crippen LogP contribution in [0.5, 0.6) is 0 Å². The third kappa shape index (κ3) is 2.95. The molecule has 0 aliphatic heterocycles. The minimum Gasteiger partial charge on any atom is -0.166 e. The molecule has 13 heavy (non-hydrogen) atoms. The van der Waals surface area contributed by atoms with E-state index in [1.807, 2.05) is 0 Å². The van der Waals surface area contributed by atoms with Gasteiger partial charge in [-0.15, -0.1) is 11.8 Å². The SMILES string of the molecule is [CH2]CSc1ccc(C(F)(F)F)cc1. The number of hydrogen-bond acceptors (Lipinski definition) is 1. The minimum atomic E-state index is -4.24. The van der Waals surface area contributed by atoms with E-state index in [0.29, 0.717) is 5.75 Å². The number of rotatable bonds is 2. The molecule has 0 aliphatic rings. The normalized spacial score (nSPS) is 11.7. The molecule has 0 unspecified atom stereocenters. The second-order valence-electron chi connectivity index (χ2n) is 2.37. The fraction of sp³-hybridized carbons (Fsp3) is 0.222. The van der Waals surface area contributed by atoms with Crippen molar-refractivity contribution in [3.05, 3.63) is 36.8 Å². The summed E-state index contributed by atoms with van der Waals surface area (Å²) in [5, 5.41) is 0. The highest BCUT2D eigenvalue weighted by molar-refractivity contribution is 7.99. The van der Waals surface area contributed by atoms with E-state index in [4.69, 9.17) is 0 Å². The first-order chi connectivity index (χ1) is 6.04. The average Bonchev–Trinajstić information content (AvgIpc) is 2.04. The molecule has 71 valence electrons. The molecule has 0 nitrogen and oxygen atoms in total. The van der Waals surface area contributed by atoms with Crippen molar-refractivity contribution in [2.45, 2.75) is 11.1 Å². The van der Waals surface area contributed by atoms with Crippen LogP contribution in [0.4, 0.5) is 13.2 Å². The molecular weight excluding hydrogens is 197 g/mol. The van der Waals surface area contributed by atoms with E-state index in [0.717, 1.165) is 17.0 Å². The van der Waals surface area contributed by atoms with E-state index < -0.39 is 11.7 Å². The highest BCUT2D eigenvalue weighted by Gasteiger charge is 2.29. The van der Waals surface area contributed by atoms with E-state index in [9.17, 15) is 13.2 Å². The zero-order valence-corrected chi connectivity index (χ0v) is 7.58. The zero-order chi connectivity index (χ0) is 9.90. The monoisotopic (exact) mass is 205 g/mol. The Morgan fingerprint density at radius 2 is 1.69 bits per heavy atom. The lowest BCUT2D eigenvalue weighted by molar-refractivity contribution is -0.137. The first kappa shape index (κ1) is 10.4. The van der Waals surface area contributed by atoms with Crippen molar-refractivity contribution in [2.24, 2.45) is 0 Å². The van der Waals surface area contributed by atoms with Crippen LogP contribution in [0, 0.1) is 6.92 Å². The summed E-state index contributed by atoms with van der Waals surface area (Å²) in [6.07, 6.45) is -4.24. The number of benzene rings is 1. The van der Waals surface area contributed by atoms with E-state index in [1.165, 1.54) is 23.9 Å². The fourth-order valence-electron chi connectivity index (χ4n) is 0.858. The molecule has 0 saturated carbocycles. The molecule has 0 atom stereocenters. The molecule has 0 heterocycles. The van der Waals surface area contributed by atoms with Gasteiger partial charge in [0, 0.05) is 4.90 Å². The van der Waals surface area contributed by atoms with Gasteiger partial charge in [-0.2, -0.15) is 13.2 Å². The van der Waals surface area contributed by atoms with Gasteiger partial charge >= 0.3 is 6.18 Å². The van der Waals surface area contributed by atoms with Crippen molar-refractivity contribution in [3.63, 3.8) is 0 Å². The van der Waals surface area contributed by atoms with Gasteiger partial charge in [-0.05, 0) is 36.9 Å². The maximum Gasteiger partial charge on any atom is 0.416 e. The minimum absolute atomic E-state index is 0.610. The molecule has 1 rings (SSSR count). The lowest BCUT2D eigenvalue weighted by atomic mass is 10.2. The van der Waals surface area contributed by atoms with Gasteiger partial charge in [0.15, 0.2) is 0 Å². The third-order valence-corrected chi connectivity index (χ3v) is 2.26. The molecular formula is C9H8F3S. The quantitative estimate of drug-likeness (QED) is 0.664. The number of alkyl halides is 3. The standard InChI is InChI=1S/C9H8F3S/c1-2-13-8-5-3-7(4-6-8)9(10,11)12/h3-6H,1-2H2. The van der Waals surface area contributed by atoms with Crippen LogP contribution < -0.4 is 0 Å². The maximum absolute atomic E-state index is 12.1. The Kier molecular flexibility index (Phi) is 3.25. The summed E-state index contributed by atoms with van der Waals surface area (Å²) >= 11 is 1.42. The Labute approximate surface area is 79.1 Å². The Balaban J connectivity index is 2.81. The van der Waals surface area contributed by atoms with Gasteiger partial charge in [0.2, 0.25) is 0 Å². The van der Waals surface area contributed by atoms with Crippen LogP contribution in [0.15, 0.2) is 29.2 Å². The van der Waals surface area contributed by atoms with Crippen LogP contribution in [0.2, 0.25) is 0 Å². The molecule has 0 aromatic heterocycles. The molecule has 4 heteroatoms. The lowest BCUT2D eigenvalue weighted by Gasteiger charge is -2.06. The second kappa shape index (κ2) is 4.05. The van der Waals surface area contributed by atoms with Gasteiger partial charge in [0.25, 0.3) is 0 Å². The van der Waals surface area contributed by atoms with E-state index in [1.54, 1.807) is 0 Å². The molecule has 0 N–H and O–H groups in total. The van der Waals surface area contributed by atoms with Crippen molar-refractivity contribution >= 4 is 11.8 Å². The zero-order valence-electron chi connectivity index (χ0n) is 6.77. The first-order valence-electron chi connectivity index (χ1n) is 3.63. The predicted molar refractivity (Wildman–Crippen MR) is 47.5 cm³/mol. The fourth-order valence-corrected chi connectivity index (χ4v) is 1.42. The third-order valence-electron chi connectivity index (χ3n) is 1.45. The molecule has 0 saturated heterocycles. The van der Waals surface area contributed by atoms with Gasteiger partial charge in [-0.3, -0.25) is 0 Å². The summed E-state index contributed by atoms with van der Waals surface area (Å²) < 4.78 is 36.3. The number of thioether (sulfide) groups is 1. The van der Waals surface area contributed by atoms with Crippen LogP contribution in [0.3, 0.4) is 0 Å². The summed E-state index contributed by atoms with van der Waals surface area (Å²) in [5.74, 6) is 0.616. The highest BCUT2D eigenvalue weighted by atomic mass is 32.2. The molecule has 1 aromatic carbocycles. The summed E-state index contributed by atoms with van der Waals surface area (Å²) in [6, 6.07) is 5.08. The van der Waals surface area contributed by atoms with Crippen LogP contribution >= 0.6 is 11.8 Å². The van der Waals surface area contributed by atoms with E-state index in [2.05, 4.69) is 6.92 Å². The van der Waals surface area contributed by atoms with Crippen molar-refractivity contribution < 1.29 is 13.2 Å². The summed E-state index contributed by atoms with van der Waals surface area (Å²) in [7, 11) is 0. The van der Waals surface area contributed by atoms with Crippen molar-refractivity contribution in [1.82, 2.24) is 0 Å².